The summed E-state index contributed by atoms with van der Waals surface area (Å²) in [5, 5.41) is 10.3. The number of halogens is 2. The Morgan fingerprint density at radius 1 is 1.47 bits per heavy atom. The maximum atomic E-state index is 13.4. The van der Waals surface area contributed by atoms with Crippen molar-refractivity contribution in [3.8, 4) is 0 Å². The number of aliphatic hydroxyl groups is 1. The van der Waals surface area contributed by atoms with Gasteiger partial charge < -0.3 is 5.11 Å². The molecular formula is C12H16ClFO. The summed E-state index contributed by atoms with van der Waals surface area (Å²) in [4.78, 5) is 0. The summed E-state index contributed by atoms with van der Waals surface area (Å²) in [5.74, 6) is -0.348. The van der Waals surface area contributed by atoms with Crippen molar-refractivity contribution in [1.82, 2.24) is 0 Å². The van der Waals surface area contributed by atoms with E-state index < -0.39 is 5.60 Å². The molecule has 0 radical (unpaired) electrons. The quantitative estimate of drug-likeness (QED) is 0.839. The fourth-order valence-electron chi connectivity index (χ4n) is 1.70. The molecule has 1 nitrogen and oxygen atoms in total. The molecule has 0 amide bonds. The van der Waals surface area contributed by atoms with Crippen molar-refractivity contribution in [3.05, 3.63) is 34.6 Å². The van der Waals surface area contributed by atoms with Crippen LogP contribution in [0.3, 0.4) is 0 Å². The molecule has 1 aromatic carbocycles. The third-order valence-electron chi connectivity index (χ3n) is 2.37. The van der Waals surface area contributed by atoms with Gasteiger partial charge in [-0.15, -0.1) is 0 Å². The van der Waals surface area contributed by atoms with Gasteiger partial charge >= 0.3 is 0 Å². The third kappa shape index (κ3) is 3.80. The van der Waals surface area contributed by atoms with E-state index >= 15 is 0 Å². The van der Waals surface area contributed by atoms with Crippen LogP contribution in [-0.4, -0.2) is 10.7 Å². The van der Waals surface area contributed by atoms with Gasteiger partial charge in [0.15, 0.2) is 0 Å². The van der Waals surface area contributed by atoms with E-state index in [4.69, 9.17) is 11.6 Å². The number of hydrogen-bond acceptors (Lipinski definition) is 1. The second-order valence-corrected chi connectivity index (χ2v) is 4.60. The van der Waals surface area contributed by atoms with E-state index in [1.54, 1.807) is 19.1 Å². The van der Waals surface area contributed by atoms with Gasteiger partial charge in [0.1, 0.15) is 5.82 Å². The number of rotatable bonds is 4. The van der Waals surface area contributed by atoms with Crippen LogP contribution in [0.1, 0.15) is 32.3 Å². The Labute approximate surface area is 94.9 Å². The van der Waals surface area contributed by atoms with Gasteiger partial charge in [-0.3, -0.25) is 0 Å². The van der Waals surface area contributed by atoms with E-state index in [9.17, 15) is 9.50 Å². The normalized spacial score (nSPS) is 15.0. The van der Waals surface area contributed by atoms with Crippen LogP contribution in [0, 0.1) is 5.82 Å². The lowest BCUT2D eigenvalue weighted by Crippen LogP contribution is -2.27. The van der Waals surface area contributed by atoms with Crippen LogP contribution in [0.25, 0.3) is 0 Å². The minimum absolute atomic E-state index is 0.323. The summed E-state index contributed by atoms with van der Waals surface area (Å²) < 4.78 is 13.4. The van der Waals surface area contributed by atoms with Gasteiger partial charge in [0, 0.05) is 11.4 Å². The van der Waals surface area contributed by atoms with Gasteiger partial charge in [-0.1, -0.05) is 31.0 Å². The Balaban J connectivity index is 2.80. The monoisotopic (exact) mass is 230 g/mol. The highest BCUT2D eigenvalue weighted by atomic mass is 35.5. The first kappa shape index (κ1) is 12.5. The van der Waals surface area contributed by atoms with Crippen LogP contribution in [-0.2, 0) is 6.42 Å². The van der Waals surface area contributed by atoms with Crippen LogP contribution in [0.5, 0.6) is 0 Å². The Morgan fingerprint density at radius 2 is 2.13 bits per heavy atom. The van der Waals surface area contributed by atoms with Crippen molar-refractivity contribution in [2.24, 2.45) is 0 Å². The molecule has 0 bridgehead atoms. The van der Waals surface area contributed by atoms with E-state index in [0.717, 1.165) is 6.42 Å². The SMILES string of the molecule is CCCC(C)(O)Cc1ccc(Cl)cc1F. The van der Waals surface area contributed by atoms with Crippen molar-refractivity contribution < 1.29 is 9.50 Å². The topological polar surface area (TPSA) is 20.2 Å². The molecule has 1 rings (SSSR count). The predicted octanol–water partition coefficient (Wildman–Crippen LogP) is 3.57. The smallest absolute Gasteiger partial charge is 0.127 e. The van der Waals surface area contributed by atoms with Crippen molar-refractivity contribution in [2.45, 2.75) is 38.7 Å². The highest BCUT2D eigenvalue weighted by molar-refractivity contribution is 6.30. The van der Waals surface area contributed by atoms with Crippen molar-refractivity contribution in [2.75, 3.05) is 0 Å². The van der Waals surface area contributed by atoms with E-state index in [1.165, 1.54) is 6.07 Å². The molecule has 0 aliphatic rings. The zero-order valence-electron chi connectivity index (χ0n) is 9.06. The van der Waals surface area contributed by atoms with Crippen LogP contribution < -0.4 is 0 Å². The van der Waals surface area contributed by atoms with E-state index in [0.29, 0.717) is 23.4 Å². The second-order valence-electron chi connectivity index (χ2n) is 4.16. The summed E-state index contributed by atoms with van der Waals surface area (Å²) in [7, 11) is 0. The van der Waals surface area contributed by atoms with Crippen molar-refractivity contribution >= 4 is 11.6 Å². The fraction of sp³-hybridized carbons (Fsp3) is 0.500. The van der Waals surface area contributed by atoms with Crippen molar-refractivity contribution in [1.29, 1.82) is 0 Å². The van der Waals surface area contributed by atoms with Gasteiger partial charge in [0.2, 0.25) is 0 Å². The van der Waals surface area contributed by atoms with Gasteiger partial charge in [0.25, 0.3) is 0 Å². The molecule has 15 heavy (non-hydrogen) atoms. The predicted molar refractivity (Wildman–Crippen MR) is 60.6 cm³/mol. The average molecular weight is 231 g/mol. The van der Waals surface area contributed by atoms with Crippen LogP contribution in [0.2, 0.25) is 5.02 Å². The highest BCUT2D eigenvalue weighted by Crippen LogP contribution is 2.22. The minimum Gasteiger partial charge on any atom is -0.390 e. The average Bonchev–Trinajstić information content (AvgIpc) is 2.09. The summed E-state index contributed by atoms with van der Waals surface area (Å²) in [5.41, 5.74) is -0.332. The van der Waals surface area contributed by atoms with Gasteiger partial charge in [0.05, 0.1) is 5.60 Å². The lowest BCUT2D eigenvalue weighted by molar-refractivity contribution is 0.0497. The molecule has 1 unspecified atom stereocenters. The van der Waals surface area contributed by atoms with Crippen LogP contribution >= 0.6 is 11.6 Å². The Morgan fingerprint density at radius 3 is 2.67 bits per heavy atom. The molecule has 1 aromatic rings. The van der Waals surface area contributed by atoms with E-state index in [-0.39, 0.29) is 5.82 Å². The molecule has 1 N–H and O–H groups in total. The van der Waals surface area contributed by atoms with E-state index in [2.05, 4.69) is 0 Å². The number of benzene rings is 1. The molecule has 0 fully saturated rings. The third-order valence-corrected chi connectivity index (χ3v) is 2.61. The lowest BCUT2D eigenvalue weighted by atomic mass is 9.92. The van der Waals surface area contributed by atoms with Gasteiger partial charge in [-0.05, 0) is 31.0 Å². The highest BCUT2D eigenvalue weighted by Gasteiger charge is 2.21. The minimum atomic E-state index is -0.844. The van der Waals surface area contributed by atoms with Crippen LogP contribution in [0.15, 0.2) is 18.2 Å². The Kier molecular flexibility index (Phi) is 4.12. The molecule has 0 spiro atoms. The second kappa shape index (κ2) is 4.95. The largest absolute Gasteiger partial charge is 0.390 e. The summed E-state index contributed by atoms with van der Waals surface area (Å²) in [6.45, 7) is 3.72. The molecule has 0 heterocycles. The molecule has 0 aliphatic heterocycles. The summed E-state index contributed by atoms with van der Waals surface area (Å²) in [6, 6.07) is 4.54. The summed E-state index contributed by atoms with van der Waals surface area (Å²) in [6.07, 6.45) is 1.86. The maximum Gasteiger partial charge on any atom is 0.127 e. The Bertz CT molecular complexity index is 336. The first-order valence-electron chi connectivity index (χ1n) is 5.11. The Hall–Kier alpha value is -0.600. The lowest BCUT2D eigenvalue weighted by Gasteiger charge is -2.22. The van der Waals surface area contributed by atoms with Gasteiger partial charge in [-0.2, -0.15) is 0 Å². The fourth-order valence-corrected chi connectivity index (χ4v) is 1.86. The molecule has 1 atom stereocenters. The molecule has 0 saturated carbocycles. The maximum absolute atomic E-state index is 13.4. The first-order valence-corrected chi connectivity index (χ1v) is 5.49. The standard InChI is InChI=1S/C12H16ClFO/c1-3-6-12(2,15)8-9-4-5-10(13)7-11(9)14/h4-5,7,15H,3,6,8H2,1-2H3. The van der Waals surface area contributed by atoms with Crippen LogP contribution in [0.4, 0.5) is 4.39 Å². The zero-order chi connectivity index (χ0) is 11.5. The molecular weight excluding hydrogens is 215 g/mol. The van der Waals surface area contributed by atoms with E-state index in [1.807, 2.05) is 6.92 Å². The van der Waals surface area contributed by atoms with Crippen molar-refractivity contribution in [3.63, 3.8) is 0 Å². The molecule has 0 aliphatic carbocycles. The summed E-state index contributed by atoms with van der Waals surface area (Å²) >= 11 is 5.65. The first-order chi connectivity index (χ1) is 6.94. The molecule has 84 valence electrons. The molecule has 0 saturated heterocycles. The molecule has 3 heteroatoms. The molecule has 0 aromatic heterocycles. The zero-order valence-corrected chi connectivity index (χ0v) is 9.81. The van der Waals surface area contributed by atoms with Gasteiger partial charge in [-0.25, -0.2) is 4.39 Å². The number of hydrogen-bond donors (Lipinski definition) is 1.